The molecular weight excluding hydrogens is 498 g/mol. The number of hydrogen-bond donors (Lipinski definition) is 4. The van der Waals surface area contributed by atoms with Gasteiger partial charge in [0, 0.05) is 19.0 Å². The fourth-order valence-electron chi connectivity index (χ4n) is 5.75. The maximum atomic E-state index is 12.8. The zero-order valence-corrected chi connectivity index (χ0v) is 24.6. The van der Waals surface area contributed by atoms with Crippen LogP contribution in [0.25, 0.3) is 0 Å². The third-order valence-electron chi connectivity index (χ3n) is 8.64. The maximum absolute atomic E-state index is 12.8. The second kappa shape index (κ2) is 14.2. The van der Waals surface area contributed by atoms with Gasteiger partial charge in [-0.05, 0) is 49.9 Å². The Morgan fingerprint density at radius 1 is 0.974 bits per heavy atom. The predicted octanol–water partition coefficient (Wildman–Crippen LogP) is 2.32. The van der Waals surface area contributed by atoms with E-state index in [0.29, 0.717) is 31.7 Å². The minimum atomic E-state index is -1.05. The first-order valence-electron chi connectivity index (χ1n) is 14.7. The highest BCUT2D eigenvalue weighted by atomic mass is 16.2. The second-order valence-corrected chi connectivity index (χ2v) is 12.7. The van der Waals surface area contributed by atoms with Crippen molar-refractivity contribution < 1.29 is 24.0 Å². The molecule has 0 aromatic rings. The molecule has 10 heteroatoms. The molecule has 2 saturated carbocycles. The van der Waals surface area contributed by atoms with Crippen LogP contribution in [0.2, 0.25) is 0 Å². The first-order valence-corrected chi connectivity index (χ1v) is 14.7. The van der Waals surface area contributed by atoms with E-state index in [9.17, 15) is 24.0 Å². The summed E-state index contributed by atoms with van der Waals surface area (Å²) in [5, 5.41) is 5.78. The Balaban J connectivity index is 0.000000370. The number of nitrogens with two attached hydrogens (primary N) is 2. The summed E-state index contributed by atoms with van der Waals surface area (Å²) in [4.78, 5) is 61.5. The average Bonchev–Trinajstić information content (AvgIpc) is 3.34. The molecule has 0 bridgehead atoms. The quantitative estimate of drug-likeness (QED) is 0.322. The Kier molecular flexibility index (Phi) is 11.9. The number of primary amides is 1. The third-order valence-corrected chi connectivity index (χ3v) is 8.64. The van der Waals surface area contributed by atoms with Gasteiger partial charge < -0.3 is 27.0 Å². The highest BCUT2D eigenvalue weighted by Gasteiger charge is 2.41. The summed E-state index contributed by atoms with van der Waals surface area (Å²) in [7, 11) is 0. The number of likely N-dealkylation sites (tertiary alicyclic amines) is 1. The van der Waals surface area contributed by atoms with Gasteiger partial charge in [-0.3, -0.25) is 24.0 Å². The van der Waals surface area contributed by atoms with Crippen molar-refractivity contribution in [2.24, 2.45) is 22.8 Å². The molecule has 3 aliphatic rings. The van der Waals surface area contributed by atoms with Crippen LogP contribution < -0.4 is 22.1 Å². The molecule has 3 atom stereocenters. The molecule has 3 rings (SSSR count). The Hall–Kier alpha value is -2.49. The van der Waals surface area contributed by atoms with Crippen molar-refractivity contribution in [3.8, 4) is 0 Å². The largest absolute Gasteiger partial charge is 0.363 e. The smallest absolute Gasteiger partial charge is 0.287 e. The van der Waals surface area contributed by atoms with Gasteiger partial charge in [-0.1, -0.05) is 66.2 Å². The van der Waals surface area contributed by atoms with Gasteiger partial charge in [0.2, 0.25) is 23.5 Å². The molecule has 0 aromatic heterocycles. The lowest BCUT2D eigenvalue weighted by molar-refractivity contribution is -0.143. The van der Waals surface area contributed by atoms with Crippen LogP contribution in [0.4, 0.5) is 0 Å². The number of nitrogens with zero attached hydrogens (tertiary/aromatic N) is 1. The summed E-state index contributed by atoms with van der Waals surface area (Å²) in [5.41, 5.74) is 10.9. The van der Waals surface area contributed by atoms with Crippen LogP contribution in [0.5, 0.6) is 0 Å². The van der Waals surface area contributed by atoms with E-state index in [-0.39, 0.29) is 17.4 Å². The number of hydrogen-bond acceptors (Lipinski definition) is 6. The van der Waals surface area contributed by atoms with Gasteiger partial charge in [0.05, 0.1) is 12.1 Å². The molecule has 1 heterocycles. The molecule has 10 nitrogen and oxygen atoms in total. The van der Waals surface area contributed by atoms with Gasteiger partial charge in [0.25, 0.3) is 5.91 Å². The Bertz CT molecular complexity index is 889. The molecule has 1 saturated heterocycles. The number of carbonyl (C=O) groups is 5. The molecule has 0 aromatic carbocycles. The standard InChI is InChI=1S/C19H32N4O4.C10H19NO/c1-19(2,3)15(20)18(27)23-9-5-8-13(23)17(26)22-12(14(24)16(21)25)10-11-6-4-7-11;1-3-10(11-9(2)12)7-5-4-6-8-10/h11-13,15H,4-10,20H2,1-3H3,(H2,21,25)(H,22,26);3-8H2,1-2H3,(H,11,12). The Labute approximate surface area is 233 Å². The zero-order chi connectivity index (χ0) is 29.4. The Morgan fingerprint density at radius 2 is 1.59 bits per heavy atom. The van der Waals surface area contributed by atoms with Crippen molar-refractivity contribution in [1.82, 2.24) is 15.5 Å². The maximum Gasteiger partial charge on any atom is 0.287 e. The lowest BCUT2D eigenvalue weighted by Gasteiger charge is -2.37. The summed E-state index contributed by atoms with van der Waals surface area (Å²) in [6, 6.07) is -2.31. The van der Waals surface area contributed by atoms with E-state index >= 15 is 0 Å². The number of rotatable bonds is 9. The van der Waals surface area contributed by atoms with Gasteiger partial charge in [0.15, 0.2) is 0 Å². The van der Waals surface area contributed by atoms with Gasteiger partial charge in [-0.25, -0.2) is 0 Å². The first kappa shape index (κ1) is 32.7. The normalized spacial score (nSPS) is 22.4. The summed E-state index contributed by atoms with van der Waals surface area (Å²) in [6.45, 7) is 9.87. The van der Waals surface area contributed by atoms with E-state index < -0.39 is 41.1 Å². The van der Waals surface area contributed by atoms with Crippen molar-refractivity contribution in [1.29, 1.82) is 0 Å². The van der Waals surface area contributed by atoms with E-state index in [4.69, 9.17) is 11.5 Å². The van der Waals surface area contributed by atoms with Crippen molar-refractivity contribution in [2.45, 2.75) is 135 Å². The molecule has 4 amide bonds. The monoisotopic (exact) mass is 549 g/mol. The highest BCUT2D eigenvalue weighted by Crippen LogP contribution is 2.32. The van der Waals surface area contributed by atoms with E-state index in [1.807, 2.05) is 20.8 Å². The minimum Gasteiger partial charge on any atom is -0.363 e. The lowest BCUT2D eigenvalue weighted by atomic mass is 9.80. The second-order valence-electron chi connectivity index (χ2n) is 12.7. The molecule has 0 spiro atoms. The van der Waals surface area contributed by atoms with E-state index in [0.717, 1.165) is 25.7 Å². The van der Waals surface area contributed by atoms with E-state index in [1.165, 1.54) is 37.0 Å². The van der Waals surface area contributed by atoms with Crippen LogP contribution in [-0.4, -0.2) is 64.5 Å². The molecule has 2 aliphatic carbocycles. The van der Waals surface area contributed by atoms with Gasteiger partial charge in [0.1, 0.15) is 6.04 Å². The first-order chi connectivity index (χ1) is 18.2. The molecule has 0 radical (unpaired) electrons. The number of ketones is 1. The van der Waals surface area contributed by atoms with Crippen LogP contribution in [0, 0.1) is 11.3 Å². The molecule has 6 N–H and O–H groups in total. The van der Waals surface area contributed by atoms with Crippen molar-refractivity contribution in [2.75, 3.05) is 6.54 Å². The molecule has 222 valence electrons. The Morgan fingerprint density at radius 3 is 2.05 bits per heavy atom. The molecule has 3 fully saturated rings. The summed E-state index contributed by atoms with van der Waals surface area (Å²) in [6.07, 6.45) is 12.0. The number of Topliss-reactive ketones (excluding diaryl/α,β-unsaturated/α-hetero) is 1. The zero-order valence-electron chi connectivity index (χ0n) is 24.6. The van der Waals surface area contributed by atoms with Crippen molar-refractivity contribution >= 4 is 29.4 Å². The van der Waals surface area contributed by atoms with Crippen molar-refractivity contribution in [3.05, 3.63) is 0 Å². The fraction of sp³-hybridized carbons (Fsp3) is 0.828. The van der Waals surface area contributed by atoms with Gasteiger partial charge in [-0.2, -0.15) is 0 Å². The van der Waals surface area contributed by atoms with Crippen molar-refractivity contribution in [3.63, 3.8) is 0 Å². The topological polar surface area (TPSA) is 165 Å². The van der Waals surface area contributed by atoms with Crippen LogP contribution >= 0.6 is 0 Å². The number of nitrogens with one attached hydrogen (secondary N) is 2. The fourth-order valence-corrected chi connectivity index (χ4v) is 5.75. The predicted molar refractivity (Wildman–Crippen MR) is 150 cm³/mol. The lowest BCUT2D eigenvalue weighted by Crippen LogP contribution is -2.57. The van der Waals surface area contributed by atoms with Gasteiger partial charge >= 0.3 is 0 Å². The molecule has 1 aliphatic heterocycles. The van der Waals surface area contributed by atoms with Crippen LogP contribution in [-0.2, 0) is 24.0 Å². The van der Waals surface area contributed by atoms with Crippen LogP contribution in [0.1, 0.15) is 112 Å². The summed E-state index contributed by atoms with van der Waals surface area (Å²) < 4.78 is 0. The number of carbonyl (C=O) groups excluding carboxylic acids is 5. The molecule has 39 heavy (non-hydrogen) atoms. The van der Waals surface area contributed by atoms with Crippen LogP contribution in [0.3, 0.4) is 0 Å². The number of amides is 4. The average molecular weight is 550 g/mol. The highest BCUT2D eigenvalue weighted by molar-refractivity contribution is 6.37. The summed E-state index contributed by atoms with van der Waals surface area (Å²) in [5.74, 6) is -2.07. The van der Waals surface area contributed by atoms with Crippen LogP contribution in [0.15, 0.2) is 0 Å². The SMILES string of the molecule is CC(C)(C)C(N)C(=O)N1CCCC1C(=O)NC(CC1CCC1)C(=O)C(N)=O.CCC1(NC(C)=O)CCCCC1. The van der Waals surface area contributed by atoms with E-state index in [2.05, 4.69) is 17.6 Å². The van der Waals surface area contributed by atoms with E-state index in [1.54, 1.807) is 6.92 Å². The third kappa shape index (κ3) is 9.29. The van der Waals surface area contributed by atoms with Gasteiger partial charge in [-0.15, -0.1) is 0 Å². The minimum absolute atomic E-state index is 0.124. The molecular formula is C29H51N5O5. The summed E-state index contributed by atoms with van der Waals surface area (Å²) >= 11 is 0. The molecule has 3 unspecified atom stereocenters.